The molecule has 1 aromatic carbocycles. The van der Waals surface area contributed by atoms with E-state index in [-0.39, 0.29) is 5.96 Å². The molecule has 6 nitrogen and oxygen atoms in total. The Labute approximate surface area is 86.3 Å². The van der Waals surface area contributed by atoms with Gasteiger partial charge in [0.2, 0.25) is 6.33 Å². The Morgan fingerprint density at radius 1 is 1.27 bits per heavy atom. The Morgan fingerprint density at radius 3 is 2.53 bits per heavy atom. The third-order valence-electron chi connectivity index (χ3n) is 1.84. The number of aromatic nitrogens is 3. The van der Waals surface area contributed by atoms with Crippen LogP contribution in [0, 0.1) is 0 Å². The van der Waals surface area contributed by atoms with Crippen LogP contribution in [0.1, 0.15) is 0 Å². The Hall–Kier alpha value is -2.37. The van der Waals surface area contributed by atoms with Crippen LogP contribution in [0.3, 0.4) is 0 Å². The van der Waals surface area contributed by atoms with Crippen LogP contribution in [0.5, 0.6) is 0 Å². The van der Waals surface area contributed by atoms with Crippen LogP contribution in [-0.2, 0) is 0 Å². The fourth-order valence-corrected chi connectivity index (χ4v) is 1.21. The zero-order valence-electron chi connectivity index (χ0n) is 7.96. The van der Waals surface area contributed by atoms with Gasteiger partial charge < -0.3 is 11.5 Å². The molecule has 1 aromatic heterocycles. The van der Waals surface area contributed by atoms with E-state index in [4.69, 9.17) is 11.5 Å². The fraction of sp³-hybridized carbons (Fsp3) is 0. The summed E-state index contributed by atoms with van der Waals surface area (Å²) in [6.07, 6.45) is 3.28. The highest BCUT2D eigenvalue weighted by Crippen LogP contribution is 2.11. The maximum Gasteiger partial charge on any atom is 0.312 e. The van der Waals surface area contributed by atoms with Gasteiger partial charge in [-0.15, -0.1) is 4.68 Å². The second-order valence-corrected chi connectivity index (χ2v) is 2.95. The fourth-order valence-electron chi connectivity index (χ4n) is 1.21. The van der Waals surface area contributed by atoms with Gasteiger partial charge in [0.15, 0.2) is 11.6 Å². The topological polar surface area (TPSA) is 97.0 Å². The lowest BCUT2D eigenvalue weighted by atomic mass is 10.3. The van der Waals surface area contributed by atoms with Gasteiger partial charge in [-0.05, 0) is 29.2 Å². The summed E-state index contributed by atoms with van der Waals surface area (Å²) in [7, 11) is 0. The average Bonchev–Trinajstić information content (AvgIpc) is 2.71. The van der Waals surface area contributed by atoms with Gasteiger partial charge in [-0.2, -0.15) is 5.10 Å². The number of nitrogens with zero attached hydrogens (tertiary/aromatic N) is 3. The van der Waals surface area contributed by atoms with Crippen molar-refractivity contribution in [3.63, 3.8) is 0 Å². The zero-order chi connectivity index (χ0) is 10.7. The first-order valence-corrected chi connectivity index (χ1v) is 4.36. The Balaban J connectivity index is 2.29. The summed E-state index contributed by atoms with van der Waals surface area (Å²) in [5, 5.41) is 2.93. The van der Waals surface area contributed by atoms with Gasteiger partial charge in [0.05, 0.1) is 5.69 Å². The van der Waals surface area contributed by atoms with Crippen molar-refractivity contribution >= 4 is 11.6 Å². The zero-order valence-corrected chi connectivity index (χ0v) is 7.96. The van der Waals surface area contributed by atoms with E-state index in [9.17, 15) is 0 Å². The summed E-state index contributed by atoms with van der Waals surface area (Å²) in [5.41, 5.74) is 12.2. The minimum Gasteiger partial charge on any atom is -0.370 e. The van der Waals surface area contributed by atoms with Crippen molar-refractivity contribution in [3.8, 4) is 5.69 Å². The largest absolute Gasteiger partial charge is 0.370 e. The molecule has 6 heteroatoms. The summed E-state index contributed by atoms with van der Waals surface area (Å²) in [5.74, 6) is 0.0527. The number of aromatic amines is 1. The SMILES string of the molecule is NC(N)=Nc1ccc(-[n+]2cnc[nH]2)cc1. The molecule has 0 unspecified atom stereocenters. The molecular weight excluding hydrogens is 192 g/mol. The van der Waals surface area contributed by atoms with E-state index in [1.165, 1.54) is 0 Å². The molecule has 0 atom stereocenters. The molecule has 0 fully saturated rings. The van der Waals surface area contributed by atoms with Gasteiger partial charge in [0, 0.05) is 0 Å². The molecule has 1 heterocycles. The van der Waals surface area contributed by atoms with Crippen LogP contribution < -0.4 is 16.1 Å². The number of aliphatic imine (C=N–C) groups is 1. The molecule has 0 amide bonds. The molecule has 0 aliphatic carbocycles. The molecule has 0 radical (unpaired) electrons. The van der Waals surface area contributed by atoms with Crippen LogP contribution in [0.15, 0.2) is 41.9 Å². The number of nitrogens with two attached hydrogens (primary N) is 2. The number of benzene rings is 1. The maximum atomic E-state index is 5.26. The van der Waals surface area contributed by atoms with E-state index in [1.807, 2.05) is 24.3 Å². The van der Waals surface area contributed by atoms with Crippen LogP contribution in [-0.4, -0.2) is 16.0 Å². The summed E-state index contributed by atoms with van der Waals surface area (Å²) in [6.45, 7) is 0. The third-order valence-corrected chi connectivity index (χ3v) is 1.84. The van der Waals surface area contributed by atoms with Gasteiger partial charge in [-0.25, -0.2) is 4.99 Å². The molecule has 0 aliphatic rings. The van der Waals surface area contributed by atoms with Gasteiger partial charge >= 0.3 is 6.33 Å². The van der Waals surface area contributed by atoms with Crippen molar-refractivity contribution in [3.05, 3.63) is 36.9 Å². The normalized spacial score (nSPS) is 9.87. The summed E-state index contributed by atoms with van der Waals surface area (Å²) >= 11 is 0. The quantitative estimate of drug-likeness (QED) is 0.351. The van der Waals surface area contributed by atoms with Crippen molar-refractivity contribution in [1.82, 2.24) is 10.1 Å². The van der Waals surface area contributed by atoms with E-state index >= 15 is 0 Å². The lowest BCUT2D eigenvalue weighted by molar-refractivity contribution is -0.656. The van der Waals surface area contributed by atoms with E-state index in [0.29, 0.717) is 0 Å². The number of rotatable bonds is 2. The highest BCUT2D eigenvalue weighted by Gasteiger charge is 2.02. The van der Waals surface area contributed by atoms with Gasteiger partial charge in [0.25, 0.3) is 0 Å². The highest BCUT2D eigenvalue weighted by atomic mass is 15.3. The second-order valence-electron chi connectivity index (χ2n) is 2.95. The van der Waals surface area contributed by atoms with Crippen molar-refractivity contribution < 1.29 is 4.68 Å². The van der Waals surface area contributed by atoms with E-state index < -0.39 is 0 Å². The molecular formula is C9H11N6+. The molecule has 0 aliphatic heterocycles. The van der Waals surface area contributed by atoms with Gasteiger partial charge in [-0.1, -0.05) is 0 Å². The number of guanidine groups is 1. The van der Waals surface area contributed by atoms with Crippen molar-refractivity contribution in [1.29, 1.82) is 0 Å². The van der Waals surface area contributed by atoms with Crippen molar-refractivity contribution in [2.24, 2.45) is 16.5 Å². The van der Waals surface area contributed by atoms with E-state index in [0.717, 1.165) is 11.4 Å². The Kier molecular flexibility index (Phi) is 2.32. The molecule has 5 N–H and O–H groups in total. The molecule has 0 spiro atoms. The first-order valence-electron chi connectivity index (χ1n) is 4.36. The monoisotopic (exact) mass is 203 g/mol. The first-order chi connectivity index (χ1) is 7.25. The van der Waals surface area contributed by atoms with Crippen LogP contribution in [0.2, 0.25) is 0 Å². The summed E-state index contributed by atoms with van der Waals surface area (Å²) < 4.78 is 1.78. The summed E-state index contributed by atoms with van der Waals surface area (Å²) in [6, 6.07) is 7.42. The number of hydrogen-bond acceptors (Lipinski definition) is 2. The van der Waals surface area contributed by atoms with Crippen molar-refractivity contribution in [2.45, 2.75) is 0 Å². The minimum atomic E-state index is 0.0527. The molecule has 2 rings (SSSR count). The lowest BCUT2D eigenvalue weighted by Gasteiger charge is -1.96. The standard InChI is InChI=1S/C9H10N6/c10-9(11)14-7-1-3-8(4-2-7)15-6-12-5-13-15/h1-6H,(H4,10,11,14)/p+1. The molecule has 0 saturated carbocycles. The smallest absolute Gasteiger partial charge is 0.312 e. The Morgan fingerprint density at radius 2 is 2.00 bits per heavy atom. The van der Waals surface area contributed by atoms with E-state index in [1.54, 1.807) is 17.3 Å². The van der Waals surface area contributed by atoms with E-state index in [2.05, 4.69) is 15.1 Å². The van der Waals surface area contributed by atoms with Gasteiger partial charge in [0.1, 0.15) is 0 Å². The van der Waals surface area contributed by atoms with Crippen molar-refractivity contribution in [2.75, 3.05) is 0 Å². The molecule has 0 saturated heterocycles. The average molecular weight is 203 g/mol. The van der Waals surface area contributed by atoms with Crippen LogP contribution in [0.25, 0.3) is 5.69 Å². The molecule has 2 aromatic rings. The highest BCUT2D eigenvalue weighted by molar-refractivity contribution is 5.78. The summed E-state index contributed by atoms with van der Waals surface area (Å²) in [4.78, 5) is 7.83. The van der Waals surface area contributed by atoms with Crippen LogP contribution >= 0.6 is 0 Å². The van der Waals surface area contributed by atoms with Crippen LogP contribution in [0.4, 0.5) is 5.69 Å². The lowest BCUT2D eigenvalue weighted by Crippen LogP contribution is -2.31. The number of H-pyrrole nitrogens is 1. The molecule has 15 heavy (non-hydrogen) atoms. The molecule has 0 bridgehead atoms. The predicted octanol–water partition coefficient (Wildman–Crippen LogP) is -0.409. The minimum absolute atomic E-state index is 0.0527. The second kappa shape index (κ2) is 3.79. The Bertz CT molecular complexity index is 452. The first kappa shape index (κ1) is 9.20. The van der Waals surface area contributed by atoms with Gasteiger partial charge in [-0.3, -0.25) is 0 Å². The predicted molar refractivity (Wildman–Crippen MR) is 55.6 cm³/mol. The number of nitrogens with one attached hydrogen (secondary N) is 1. The molecule has 76 valence electrons. The maximum absolute atomic E-state index is 5.26. The number of hydrogen-bond donors (Lipinski definition) is 3. The third kappa shape index (κ3) is 2.11.